The standard InChI is InChI=1S/C12H20Br6ClO4P/c1-10(19)23-24(20,21-8-11(2-13,3-14)4-15)22-9-12(5-16,6-17)7-18/h10H,2-9H2,1H3. The van der Waals surface area contributed by atoms with Crippen molar-refractivity contribution in [1.82, 2.24) is 0 Å². The number of rotatable bonds is 14. The predicted octanol–water partition coefficient (Wildman–Crippen LogP) is 7.07. The highest BCUT2D eigenvalue weighted by molar-refractivity contribution is 9.10. The average molecular weight is 774 g/mol. The molecule has 146 valence electrons. The fraction of sp³-hybridized carbons (Fsp3) is 1.00. The van der Waals surface area contributed by atoms with Crippen molar-refractivity contribution in [3.63, 3.8) is 0 Å². The second-order valence-corrected chi connectivity index (χ2v) is 11.0. The zero-order chi connectivity index (χ0) is 18.9. The summed E-state index contributed by atoms with van der Waals surface area (Å²) in [6.07, 6.45) is 0. The first-order chi connectivity index (χ1) is 11.2. The van der Waals surface area contributed by atoms with E-state index in [0.717, 1.165) is 0 Å². The molecule has 0 heterocycles. The van der Waals surface area contributed by atoms with E-state index in [-0.39, 0.29) is 24.0 Å². The van der Waals surface area contributed by atoms with E-state index < -0.39 is 13.4 Å². The summed E-state index contributed by atoms with van der Waals surface area (Å²) in [5.41, 5.74) is -1.36. The van der Waals surface area contributed by atoms with Crippen molar-refractivity contribution in [2.24, 2.45) is 10.8 Å². The first kappa shape index (κ1) is 27.3. The molecule has 0 spiro atoms. The molecule has 0 radical (unpaired) electrons. The highest BCUT2D eigenvalue weighted by atomic mass is 79.9. The lowest BCUT2D eigenvalue weighted by Crippen LogP contribution is -2.34. The Hall–Kier alpha value is 3.28. The Kier molecular flexibility index (Phi) is 15.3. The summed E-state index contributed by atoms with van der Waals surface area (Å²) in [5, 5.41) is 3.92. The summed E-state index contributed by atoms with van der Waals surface area (Å²) in [4.78, 5) is 0. The minimum Gasteiger partial charge on any atom is -0.286 e. The molecule has 0 rings (SSSR count). The van der Waals surface area contributed by atoms with Gasteiger partial charge in [-0.1, -0.05) is 107 Å². The van der Waals surface area contributed by atoms with Gasteiger partial charge in [-0.2, -0.15) is 0 Å². The number of hydrogen-bond donors (Lipinski definition) is 0. The average Bonchev–Trinajstić information content (AvgIpc) is 2.58. The third-order valence-electron chi connectivity index (χ3n) is 3.03. The zero-order valence-corrected chi connectivity index (χ0v) is 24.1. The number of halogens is 7. The Morgan fingerprint density at radius 1 is 0.833 bits per heavy atom. The van der Waals surface area contributed by atoms with Crippen LogP contribution in [0.4, 0.5) is 0 Å². The van der Waals surface area contributed by atoms with Gasteiger partial charge in [0.2, 0.25) is 0 Å². The van der Waals surface area contributed by atoms with Crippen LogP contribution < -0.4 is 0 Å². The summed E-state index contributed by atoms with van der Waals surface area (Å²) in [6, 6.07) is 0. The molecule has 0 aliphatic rings. The first-order valence-electron chi connectivity index (χ1n) is 6.77. The molecule has 0 aromatic carbocycles. The van der Waals surface area contributed by atoms with Gasteiger partial charge in [-0.3, -0.25) is 13.6 Å². The van der Waals surface area contributed by atoms with Crippen molar-refractivity contribution in [3.8, 4) is 0 Å². The molecule has 1 atom stereocenters. The topological polar surface area (TPSA) is 44.8 Å². The van der Waals surface area contributed by atoms with Crippen LogP contribution >= 0.6 is 115 Å². The number of phosphoric acid groups is 1. The van der Waals surface area contributed by atoms with Gasteiger partial charge in [0.15, 0.2) is 0 Å². The smallest absolute Gasteiger partial charge is 0.286 e. The molecule has 24 heavy (non-hydrogen) atoms. The van der Waals surface area contributed by atoms with Crippen LogP contribution in [0.5, 0.6) is 0 Å². The minimum absolute atomic E-state index is 0.180. The fourth-order valence-corrected chi connectivity index (χ4v) is 9.41. The quantitative estimate of drug-likeness (QED) is 0.140. The van der Waals surface area contributed by atoms with E-state index in [9.17, 15) is 4.57 Å². The molecule has 0 saturated heterocycles. The Labute approximate surface area is 199 Å². The van der Waals surface area contributed by atoms with Crippen molar-refractivity contribution in [3.05, 3.63) is 0 Å². The summed E-state index contributed by atoms with van der Waals surface area (Å²) >= 11 is 26.6. The van der Waals surface area contributed by atoms with Crippen LogP contribution in [0.15, 0.2) is 0 Å². The lowest BCUT2D eigenvalue weighted by molar-refractivity contribution is 0.0685. The maximum Gasteiger partial charge on any atom is 0.476 e. The predicted molar refractivity (Wildman–Crippen MR) is 124 cm³/mol. The van der Waals surface area contributed by atoms with Crippen molar-refractivity contribution in [2.45, 2.75) is 12.5 Å². The molecule has 0 aromatic heterocycles. The van der Waals surface area contributed by atoms with Crippen molar-refractivity contribution in [1.29, 1.82) is 0 Å². The van der Waals surface area contributed by atoms with Crippen LogP contribution in [0.2, 0.25) is 0 Å². The first-order valence-corrected chi connectivity index (χ1v) is 15.4. The molecule has 0 saturated carbocycles. The van der Waals surface area contributed by atoms with Crippen LogP contribution in [0, 0.1) is 10.8 Å². The van der Waals surface area contributed by atoms with Gasteiger partial charge >= 0.3 is 7.82 Å². The van der Waals surface area contributed by atoms with Gasteiger partial charge in [0, 0.05) is 42.8 Å². The SMILES string of the molecule is CC(Cl)OP(=O)(OCC(CBr)(CBr)CBr)OCC(CBr)(CBr)CBr. The molecule has 0 N–H and O–H groups in total. The fourth-order valence-electron chi connectivity index (χ4n) is 1.15. The van der Waals surface area contributed by atoms with E-state index in [2.05, 4.69) is 95.6 Å². The monoisotopic (exact) mass is 768 g/mol. The van der Waals surface area contributed by atoms with Gasteiger partial charge in [-0.15, -0.1) is 0 Å². The Bertz CT molecular complexity index is 351. The third kappa shape index (κ3) is 9.19. The second-order valence-electron chi connectivity index (χ2n) is 5.44. The molecule has 4 nitrogen and oxygen atoms in total. The highest BCUT2D eigenvalue weighted by Crippen LogP contribution is 2.53. The summed E-state index contributed by atoms with van der Waals surface area (Å²) in [5.74, 6) is 0. The molecule has 0 fully saturated rings. The molecular weight excluding hydrogens is 754 g/mol. The van der Waals surface area contributed by atoms with Crippen LogP contribution in [-0.2, 0) is 18.1 Å². The molecular formula is C12H20Br6ClO4P. The Morgan fingerprint density at radius 3 is 1.33 bits per heavy atom. The van der Waals surface area contributed by atoms with E-state index in [1.165, 1.54) is 0 Å². The molecule has 12 heteroatoms. The van der Waals surface area contributed by atoms with Gasteiger partial charge < -0.3 is 0 Å². The second kappa shape index (κ2) is 13.5. The lowest BCUT2D eigenvalue weighted by atomic mass is 9.98. The van der Waals surface area contributed by atoms with Gasteiger partial charge in [0.05, 0.1) is 13.2 Å². The molecule has 0 amide bonds. The molecule has 0 aliphatic carbocycles. The van der Waals surface area contributed by atoms with Gasteiger partial charge in [-0.25, -0.2) is 4.57 Å². The summed E-state index contributed by atoms with van der Waals surface area (Å²) in [6.45, 7) is 1.93. The Morgan fingerprint density at radius 2 is 1.12 bits per heavy atom. The van der Waals surface area contributed by atoms with Crippen LogP contribution in [-0.4, -0.2) is 50.8 Å². The summed E-state index contributed by atoms with van der Waals surface area (Å²) < 4.78 is 29.4. The highest BCUT2D eigenvalue weighted by Gasteiger charge is 2.38. The largest absolute Gasteiger partial charge is 0.476 e. The number of alkyl halides is 7. The minimum atomic E-state index is -3.80. The van der Waals surface area contributed by atoms with E-state index in [1.807, 2.05) is 0 Å². The summed E-state index contributed by atoms with van der Waals surface area (Å²) in [7, 11) is -3.80. The van der Waals surface area contributed by atoms with E-state index >= 15 is 0 Å². The van der Waals surface area contributed by atoms with Gasteiger partial charge in [-0.05, 0) is 6.92 Å². The van der Waals surface area contributed by atoms with Crippen LogP contribution in [0.25, 0.3) is 0 Å². The van der Waals surface area contributed by atoms with Gasteiger partial charge in [0.1, 0.15) is 5.56 Å². The van der Waals surface area contributed by atoms with Gasteiger partial charge in [0.25, 0.3) is 0 Å². The van der Waals surface area contributed by atoms with E-state index in [1.54, 1.807) is 6.92 Å². The van der Waals surface area contributed by atoms with Crippen LogP contribution in [0.1, 0.15) is 6.92 Å². The maximum absolute atomic E-state index is 13.0. The van der Waals surface area contributed by atoms with Crippen molar-refractivity contribution < 1.29 is 18.1 Å². The number of hydrogen-bond acceptors (Lipinski definition) is 4. The van der Waals surface area contributed by atoms with Crippen molar-refractivity contribution in [2.75, 3.05) is 45.2 Å². The van der Waals surface area contributed by atoms with Crippen molar-refractivity contribution >= 4 is 115 Å². The molecule has 1 unspecified atom stereocenters. The van der Waals surface area contributed by atoms with Crippen LogP contribution in [0.3, 0.4) is 0 Å². The lowest BCUT2D eigenvalue weighted by Gasteiger charge is -2.32. The molecule has 0 aliphatic heterocycles. The van der Waals surface area contributed by atoms with E-state index in [4.69, 9.17) is 25.2 Å². The molecule has 0 bridgehead atoms. The van der Waals surface area contributed by atoms with E-state index in [0.29, 0.717) is 32.0 Å². The molecule has 0 aromatic rings. The third-order valence-corrected chi connectivity index (χ3v) is 11.8. The zero-order valence-electron chi connectivity index (χ0n) is 13.0. The number of phosphoric ester groups is 1. The maximum atomic E-state index is 13.0. The normalized spacial score (nSPS) is 14.8. The Balaban J connectivity index is 5.11.